The van der Waals surface area contributed by atoms with Crippen LogP contribution in [0.15, 0.2) is 89.3 Å². The summed E-state index contributed by atoms with van der Waals surface area (Å²) < 4.78 is 12.5. The second-order valence-electron chi connectivity index (χ2n) is 7.94. The topological polar surface area (TPSA) is 106 Å². The van der Waals surface area contributed by atoms with E-state index < -0.39 is 0 Å². The number of ether oxygens (including phenoxy) is 2. The lowest BCUT2D eigenvalue weighted by Gasteiger charge is -2.11. The molecule has 0 saturated carbocycles. The Morgan fingerprint density at radius 2 is 1.70 bits per heavy atom. The van der Waals surface area contributed by atoms with Crippen LogP contribution in [0.5, 0.6) is 11.5 Å². The fourth-order valence-electron chi connectivity index (χ4n) is 3.79. The molecule has 3 aromatic carbocycles. The number of nitrogens with one attached hydrogen (secondary N) is 2. The van der Waals surface area contributed by atoms with Crippen LogP contribution < -0.4 is 14.9 Å². The average molecular weight is 513 g/mol. The average Bonchev–Trinajstić information content (AvgIpc) is 3.56. The van der Waals surface area contributed by atoms with Gasteiger partial charge in [0.25, 0.3) is 5.91 Å². The lowest BCUT2D eigenvalue weighted by atomic mass is 10.2. The number of hydrogen-bond acceptors (Lipinski definition) is 7. The Hall–Kier alpha value is -4.57. The van der Waals surface area contributed by atoms with Crippen molar-refractivity contribution >= 4 is 34.8 Å². The molecule has 1 amide bonds. The monoisotopic (exact) mass is 512 g/mol. The first-order chi connectivity index (χ1) is 18.2. The van der Waals surface area contributed by atoms with Crippen molar-refractivity contribution in [1.82, 2.24) is 25.2 Å². The summed E-state index contributed by atoms with van der Waals surface area (Å²) in [6.45, 7) is 0. The van der Waals surface area contributed by atoms with Crippen LogP contribution in [-0.4, -0.2) is 51.8 Å². The summed E-state index contributed by atoms with van der Waals surface area (Å²) in [7, 11) is 3.25. The number of amides is 1. The van der Waals surface area contributed by atoms with Gasteiger partial charge in [-0.2, -0.15) is 5.10 Å². The maximum atomic E-state index is 12.5. The molecule has 0 fully saturated rings. The second-order valence-corrected chi connectivity index (χ2v) is 8.88. The molecule has 0 aliphatic rings. The number of aromatic amines is 1. The smallest absolute Gasteiger partial charge is 0.250 e. The van der Waals surface area contributed by atoms with Crippen molar-refractivity contribution < 1.29 is 14.3 Å². The molecule has 0 spiro atoms. The first-order valence-corrected chi connectivity index (χ1v) is 12.4. The van der Waals surface area contributed by atoms with Crippen molar-refractivity contribution in [3.05, 3.63) is 84.6 Å². The predicted octanol–water partition coefficient (Wildman–Crippen LogP) is 4.68. The first kappa shape index (κ1) is 24.1. The van der Waals surface area contributed by atoms with Crippen molar-refractivity contribution in [2.75, 3.05) is 20.0 Å². The number of rotatable bonds is 9. The summed E-state index contributed by atoms with van der Waals surface area (Å²) >= 11 is 1.27. The number of benzene rings is 3. The Morgan fingerprint density at radius 3 is 2.43 bits per heavy atom. The molecule has 0 radical (unpaired) electrons. The molecule has 0 aliphatic heterocycles. The van der Waals surface area contributed by atoms with Crippen LogP contribution in [0, 0.1) is 0 Å². The van der Waals surface area contributed by atoms with Crippen molar-refractivity contribution in [1.29, 1.82) is 0 Å². The van der Waals surface area contributed by atoms with Crippen molar-refractivity contribution in [3.8, 4) is 28.6 Å². The van der Waals surface area contributed by atoms with Gasteiger partial charge in [0.05, 0.1) is 26.2 Å². The molecule has 2 N–H and O–H groups in total. The van der Waals surface area contributed by atoms with Gasteiger partial charge in [-0.05, 0) is 54.6 Å². The largest absolute Gasteiger partial charge is 0.497 e. The molecular formula is C27H24N6O3S. The van der Waals surface area contributed by atoms with Gasteiger partial charge in [-0.3, -0.25) is 9.36 Å². The number of carbonyl (C=O) groups excluding carboxylic acids is 1. The number of methoxy groups -OCH3 is 2. The second kappa shape index (κ2) is 11.0. The van der Waals surface area contributed by atoms with Crippen LogP contribution in [0.2, 0.25) is 0 Å². The third-order valence-electron chi connectivity index (χ3n) is 5.66. The molecule has 0 aliphatic carbocycles. The van der Waals surface area contributed by atoms with Gasteiger partial charge in [-0.15, -0.1) is 10.2 Å². The van der Waals surface area contributed by atoms with Gasteiger partial charge in [-0.25, -0.2) is 5.43 Å². The summed E-state index contributed by atoms with van der Waals surface area (Å²) in [5.41, 5.74) is 6.20. The number of carbonyl (C=O) groups is 1. The minimum absolute atomic E-state index is 0.113. The summed E-state index contributed by atoms with van der Waals surface area (Å²) in [4.78, 5) is 15.7. The van der Waals surface area contributed by atoms with Crippen LogP contribution in [0.4, 0.5) is 0 Å². The quantitative estimate of drug-likeness (QED) is 0.169. The van der Waals surface area contributed by atoms with E-state index in [9.17, 15) is 4.79 Å². The van der Waals surface area contributed by atoms with Gasteiger partial charge in [-0.1, -0.05) is 30.0 Å². The van der Waals surface area contributed by atoms with E-state index in [-0.39, 0.29) is 11.7 Å². The highest BCUT2D eigenvalue weighted by atomic mass is 32.2. The highest BCUT2D eigenvalue weighted by Gasteiger charge is 2.17. The number of fused-ring (bicyclic) bond motifs is 1. The summed E-state index contributed by atoms with van der Waals surface area (Å²) in [5, 5.41) is 14.5. The third kappa shape index (κ3) is 5.34. The van der Waals surface area contributed by atoms with Crippen molar-refractivity contribution in [2.24, 2.45) is 5.10 Å². The molecule has 0 bridgehead atoms. The zero-order valence-electron chi connectivity index (χ0n) is 20.2. The number of hydrazone groups is 1. The Morgan fingerprint density at radius 1 is 1.00 bits per heavy atom. The van der Waals surface area contributed by atoms with Gasteiger partial charge in [0, 0.05) is 33.9 Å². The molecule has 37 heavy (non-hydrogen) atoms. The summed E-state index contributed by atoms with van der Waals surface area (Å²) in [6, 6.07) is 23.1. The highest BCUT2D eigenvalue weighted by molar-refractivity contribution is 7.99. The van der Waals surface area contributed by atoms with Crippen LogP contribution in [0.1, 0.15) is 5.56 Å². The van der Waals surface area contributed by atoms with Crippen LogP contribution in [-0.2, 0) is 4.79 Å². The van der Waals surface area contributed by atoms with E-state index >= 15 is 0 Å². The lowest BCUT2D eigenvalue weighted by molar-refractivity contribution is -0.118. The minimum atomic E-state index is -0.253. The molecule has 0 atom stereocenters. The number of nitrogens with zero attached hydrogens (tertiary/aromatic N) is 4. The van der Waals surface area contributed by atoms with Gasteiger partial charge in [0.2, 0.25) is 0 Å². The van der Waals surface area contributed by atoms with Crippen LogP contribution >= 0.6 is 11.8 Å². The van der Waals surface area contributed by atoms with Gasteiger partial charge in [0.1, 0.15) is 11.5 Å². The van der Waals surface area contributed by atoms with E-state index in [0.717, 1.165) is 39.2 Å². The van der Waals surface area contributed by atoms with Crippen LogP contribution in [0.25, 0.3) is 28.0 Å². The molecule has 186 valence electrons. The minimum Gasteiger partial charge on any atom is -0.497 e. The Bertz CT molecular complexity index is 1540. The number of hydrogen-bond donors (Lipinski definition) is 2. The standard InChI is InChI=1S/C27H24N6O3S/c1-35-21-11-7-18(8-12-21)26-31-32-27(33(26)20-9-13-22(36-2)14-10-20)37-17-25(34)30-29-16-19-15-28-24-6-4-3-5-23(19)24/h3-16,28H,17H2,1-2H3,(H,30,34)/b29-16+. The number of aromatic nitrogens is 4. The highest BCUT2D eigenvalue weighted by Crippen LogP contribution is 2.29. The number of thioether (sulfide) groups is 1. The maximum absolute atomic E-state index is 12.5. The lowest BCUT2D eigenvalue weighted by Crippen LogP contribution is -2.20. The van der Waals surface area contributed by atoms with Crippen molar-refractivity contribution in [3.63, 3.8) is 0 Å². The molecule has 0 unspecified atom stereocenters. The normalized spacial score (nSPS) is 11.2. The van der Waals surface area contributed by atoms with E-state index in [2.05, 4.69) is 25.7 Å². The predicted molar refractivity (Wildman–Crippen MR) is 145 cm³/mol. The van der Waals surface area contributed by atoms with Crippen molar-refractivity contribution in [2.45, 2.75) is 5.16 Å². The summed E-state index contributed by atoms with van der Waals surface area (Å²) in [6.07, 6.45) is 3.48. The van der Waals surface area contributed by atoms with Crippen LogP contribution in [0.3, 0.4) is 0 Å². The van der Waals surface area contributed by atoms with E-state index in [1.165, 1.54) is 11.8 Å². The fraction of sp³-hybridized carbons (Fsp3) is 0.111. The van der Waals surface area contributed by atoms with E-state index in [1.54, 1.807) is 20.4 Å². The molecule has 2 aromatic heterocycles. The SMILES string of the molecule is COc1ccc(-c2nnc(SCC(=O)N/N=C/c3c[nH]c4ccccc34)n2-c2ccc(OC)cc2)cc1. The Labute approximate surface area is 217 Å². The maximum Gasteiger partial charge on any atom is 0.250 e. The Balaban J connectivity index is 1.33. The molecule has 2 heterocycles. The van der Waals surface area contributed by atoms with Gasteiger partial charge >= 0.3 is 0 Å². The number of para-hydroxylation sites is 1. The van der Waals surface area contributed by atoms with Gasteiger partial charge in [0.15, 0.2) is 11.0 Å². The molecular weight excluding hydrogens is 488 g/mol. The zero-order chi connectivity index (χ0) is 25.6. The fourth-order valence-corrected chi connectivity index (χ4v) is 4.54. The van der Waals surface area contributed by atoms with E-state index in [0.29, 0.717) is 11.0 Å². The molecule has 10 heteroatoms. The molecule has 0 saturated heterocycles. The summed E-state index contributed by atoms with van der Waals surface area (Å²) in [5.74, 6) is 2.00. The molecule has 5 aromatic rings. The number of H-pyrrole nitrogens is 1. The molecule has 5 rings (SSSR count). The van der Waals surface area contributed by atoms with E-state index in [1.807, 2.05) is 83.6 Å². The zero-order valence-corrected chi connectivity index (χ0v) is 21.0. The Kier molecular flexibility index (Phi) is 7.18. The van der Waals surface area contributed by atoms with E-state index in [4.69, 9.17) is 9.47 Å². The van der Waals surface area contributed by atoms with Gasteiger partial charge < -0.3 is 14.5 Å². The third-order valence-corrected chi connectivity index (χ3v) is 6.59. The first-order valence-electron chi connectivity index (χ1n) is 11.4. The molecule has 9 nitrogen and oxygen atoms in total.